The van der Waals surface area contributed by atoms with Gasteiger partial charge in [-0.25, -0.2) is 15.0 Å². The van der Waals surface area contributed by atoms with Crippen LogP contribution >= 0.6 is 11.8 Å². The normalized spacial score (nSPS) is 15.1. The van der Waals surface area contributed by atoms with Crippen LogP contribution in [-0.4, -0.2) is 32.7 Å². The monoisotopic (exact) mass is 312 g/mol. The fraction of sp³-hybridized carbons (Fsp3) is 0.312. The van der Waals surface area contributed by atoms with E-state index in [9.17, 15) is 0 Å². The van der Waals surface area contributed by atoms with Gasteiger partial charge in [-0.05, 0) is 18.4 Å². The van der Waals surface area contributed by atoms with Gasteiger partial charge in [-0.15, -0.1) is 0 Å². The topological polar surface area (TPSA) is 55.1 Å². The molecule has 0 atom stereocenters. The van der Waals surface area contributed by atoms with Gasteiger partial charge in [0, 0.05) is 31.3 Å². The molecule has 0 saturated heterocycles. The van der Waals surface area contributed by atoms with E-state index in [1.165, 1.54) is 11.3 Å². The summed E-state index contributed by atoms with van der Waals surface area (Å²) in [4.78, 5) is 15.8. The molecule has 0 radical (unpaired) electrons. The number of benzene rings is 1. The highest BCUT2D eigenvalue weighted by Gasteiger charge is 2.20. The maximum atomic E-state index is 5.81. The van der Waals surface area contributed by atoms with Gasteiger partial charge in [-0.3, -0.25) is 4.90 Å². The zero-order valence-corrected chi connectivity index (χ0v) is 13.1. The van der Waals surface area contributed by atoms with Crippen molar-refractivity contribution < 1.29 is 4.42 Å². The van der Waals surface area contributed by atoms with Crippen LogP contribution in [0.15, 0.2) is 40.0 Å². The number of hydrogen-bond donors (Lipinski definition) is 0. The Labute approximate surface area is 132 Å². The lowest BCUT2D eigenvalue weighted by Gasteiger charge is -2.26. The molecule has 0 bridgehead atoms. The minimum atomic E-state index is 0.721. The number of oxazole rings is 1. The third-order valence-corrected chi connectivity index (χ3v) is 4.43. The van der Waals surface area contributed by atoms with Gasteiger partial charge >= 0.3 is 0 Å². The molecule has 0 aliphatic carbocycles. The molecule has 6 heteroatoms. The third-order valence-electron chi connectivity index (χ3n) is 3.87. The summed E-state index contributed by atoms with van der Waals surface area (Å²) in [5.41, 5.74) is 4.15. The standard InChI is InChI=1S/C16H16N4OS/c1-22-16-17-8-11-9-20(7-6-12(11)19-16)10-15-18-13-4-2-3-5-14(13)21-15/h2-5,8H,6-7,9-10H2,1H3. The lowest BCUT2D eigenvalue weighted by atomic mass is 10.1. The van der Waals surface area contributed by atoms with Gasteiger partial charge in [0.1, 0.15) is 5.52 Å². The number of nitrogens with zero attached hydrogens (tertiary/aromatic N) is 4. The van der Waals surface area contributed by atoms with Gasteiger partial charge in [0.05, 0.1) is 12.2 Å². The summed E-state index contributed by atoms with van der Waals surface area (Å²) < 4.78 is 5.81. The van der Waals surface area contributed by atoms with Crippen LogP contribution < -0.4 is 0 Å². The van der Waals surface area contributed by atoms with Gasteiger partial charge in [0.25, 0.3) is 0 Å². The Kier molecular flexibility index (Phi) is 3.56. The first-order valence-electron chi connectivity index (χ1n) is 7.27. The van der Waals surface area contributed by atoms with Crippen molar-refractivity contribution >= 4 is 22.9 Å². The van der Waals surface area contributed by atoms with E-state index >= 15 is 0 Å². The predicted octanol–water partition coefficient (Wildman–Crippen LogP) is 2.90. The lowest BCUT2D eigenvalue weighted by molar-refractivity contribution is 0.220. The predicted molar refractivity (Wildman–Crippen MR) is 85.6 cm³/mol. The SMILES string of the molecule is CSc1ncc2c(n1)CCN(Cc1nc3ccccc3o1)C2. The minimum absolute atomic E-state index is 0.721. The maximum absolute atomic E-state index is 5.81. The molecule has 0 N–H and O–H groups in total. The van der Waals surface area contributed by atoms with Gasteiger partial charge in [0.15, 0.2) is 10.7 Å². The molecule has 1 aliphatic rings. The van der Waals surface area contributed by atoms with E-state index in [1.807, 2.05) is 36.7 Å². The zero-order chi connectivity index (χ0) is 14.9. The van der Waals surface area contributed by atoms with Crippen LogP contribution in [0.1, 0.15) is 17.1 Å². The number of para-hydroxylation sites is 2. The van der Waals surface area contributed by atoms with Crippen molar-refractivity contribution in [3.05, 3.63) is 47.6 Å². The number of thioether (sulfide) groups is 1. The smallest absolute Gasteiger partial charge is 0.209 e. The van der Waals surface area contributed by atoms with Crippen LogP contribution in [0.5, 0.6) is 0 Å². The summed E-state index contributed by atoms with van der Waals surface area (Å²) in [5, 5.41) is 0.853. The first-order valence-corrected chi connectivity index (χ1v) is 8.50. The molecule has 2 aromatic heterocycles. The quantitative estimate of drug-likeness (QED) is 0.547. The van der Waals surface area contributed by atoms with Crippen LogP contribution in [0, 0.1) is 0 Å². The summed E-state index contributed by atoms with van der Waals surface area (Å²) in [7, 11) is 0. The molecule has 4 rings (SSSR count). The molecule has 1 aliphatic heterocycles. The van der Waals surface area contributed by atoms with Gasteiger partial charge in [0.2, 0.25) is 5.89 Å². The number of aromatic nitrogens is 3. The van der Waals surface area contributed by atoms with Crippen molar-refractivity contribution in [2.75, 3.05) is 12.8 Å². The minimum Gasteiger partial charge on any atom is -0.439 e. The number of hydrogen-bond acceptors (Lipinski definition) is 6. The average molecular weight is 312 g/mol. The summed E-state index contributed by atoms with van der Waals surface area (Å²) in [6.45, 7) is 2.54. The number of rotatable bonds is 3. The van der Waals surface area contributed by atoms with Crippen molar-refractivity contribution in [2.45, 2.75) is 24.7 Å². The highest BCUT2D eigenvalue weighted by molar-refractivity contribution is 7.98. The molecule has 3 aromatic rings. The molecule has 1 aromatic carbocycles. The largest absolute Gasteiger partial charge is 0.439 e. The second kappa shape index (κ2) is 5.70. The molecule has 112 valence electrons. The highest BCUT2D eigenvalue weighted by Crippen LogP contribution is 2.22. The Bertz CT molecular complexity index is 784. The summed E-state index contributed by atoms with van der Waals surface area (Å²) in [6.07, 6.45) is 4.90. The van der Waals surface area contributed by atoms with Gasteiger partial charge < -0.3 is 4.42 Å². The van der Waals surface area contributed by atoms with E-state index in [0.29, 0.717) is 0 Å². The Hall–Kier alpha value is -1.92. The van der Waals surface area contributed by atoms with E-state index in [-0.39, 0.29) is 0 Å². The van der Waals surface area contributed by atoms with Crippen molar-refractivity contribution in [3.63, 3.8) is 0 Å². The first kappa shape index (κ1) is 13.7. The molecule has 0 unspecified atom stereocenters. The van der Waals surface area contributed by atoms with Crippen molar-refractivity contribution in [2.24, 2.45) is 0 Å². The molecule has 0 amide bonds. The Morgan fingerprint density at radius 3 is 3.05 bits per heavy atom. The molecule has 0 spiro atoms. The first-order chi connectivity index (χ1) is 10.8. The maximum Gasteiger partial charge on any atom is 0.209 e. The van der Waals surface area contributed by atoms with Crippen LogP contribution in [0.4, 0.5) is 0 Å². The second-order valence-corrected chi connectivity index (χ2v) is 6.14. The van der Waals surface area contributed by atoms with E-state index in [4.69, 9.17) is 4.42 Å². The van der Waals surface area contributed by atoms with Crippen LogP contribution in [0.3, 0.4) is 0 Å². The zero-order valence-electron chi connectivity index (χ0n) is 12.3. The fourth-order valence-electron chi connectivity index (χ4n) is 2.77. The summed E-state index contributed by atoms with van der Waals surface area (Å²) in [6, 6.07) is 7.88. The van der Waals surface area contributed by atoms with E-state index in [0.717, 1.165) is 48.2 Å². The van der Waals surface area contributed by atoms with E-state index in [1.54, 1.807) is 11.8 Å². The molecule has 0 fully saturated rings. The van der Waals surface area contributed by atoms with Crippen molar-refractivity contribution in [1.29, 1.82) is 0 Å². The summed E-state index contributed by atoms with van der Waals surface area (Å²) >= 11 is 1.59. The molecule has 3 heterocycles. The number of fused-ring (bicyclic) bond motifs is 2. The Morgan fingerprint density at radius 2 is 2.18 bits per heavy atom. The van der Waals surface area contributed by atoms with E-state index in [2.05, 4.69) is 19.9 Å². The molecule has 5 nitrogen and oxygen atoms in total. The van der Waals surface area contributed by atoms with Crippen LogP contribution in [0.2, 0.25) is 0 Å². The van der Waals surface area contributed by atoms with Gasteiger partial charge in [-0.2, -0.15) is 0 Å². The molecular weight excluding hydrogens is 296 g/mol. The molecular formula is C16H16N4OS. The van der Waals surface area contributed by atoms with Crippen LogP contribution in [0.25, 0.3) is 11.1 Å². The third kappa shape index (κ3) is 2.60. The molecule has 0 saturated carbocycles. The average Bonchev–Trinajstić information content (AvgIpc) is 2.96. The van der Waals surface area contributed by atoms with Crippen molar-refractivity contribution in [3.8, 4) is 0 Å². The fourth-order valence-corrected chi connectivity index (χ4v) is 3.13. The highest BCUT2D eigenvalue weighted by atomic mass is 32.2. The van der Waals surface area contributed by atoms with E-state index < -0.39 is 0 Å². The Morgan fingerprint density at radius 1 is 1.27 bits per heavy atom. The van der Waals surface area contributed by atoms with Crippen LogP contribution in [-0.2, 0) is 19.5 Å². The summed E-state index contributed by atoms with van der Waals surface area (Å²) in [5.74, 6) is 0.770. The lowest BCUT2D eigenvalue weighted by Crippen LogP contribution is -2.31. The van der Waals surface area contributed by atoms with Gasteiger partial charge in [-0.1, -0.05) is 23.9 Å². The second-order valence-electron chi connectivity index (χ2n) is 5.36. The van der Waals surface area contributed by atoms with Crippen molar-refractivity contribution in [1.82, 2.24) is 19.9 Å². The molecule has 22 heavy (non-hydrogen) atoms. The Balaban J connectivity index is 1.52.